The highest BCUT2D eigenvalue weighted by Gasteiger charge is 2.15. The van der Waals surface area contributed by atoms with Crippen molar-refractivity contribution < 1.29 is 14.1 Å². The maximum Gasteiger partial charge on any atom is 0.245 e. The van der Waals surface area contributed by atoms with Crippen molar-refractivity contribution in [2.45, 2.75) is 65.2 Å². The molecule has 130 valence electrons. The summed E-state index contributed by atoms with van der Waals surface area (Å²) in [5.41, 5.74) is 0. The second-order valence-corrected chi connectivity index (χ2v) is 5.71. The van der Waals surface area contributed by atoms with Crippen LogP contribution in [-0.2, 0) is 9.59 Å². The molecule has 0 bridgehead atoms. The predicted octanol–water partition coefficient (Wildman–Crippen LogP) is 3.60. The number of carbonyl (C=O) groups excluding carboxylic acids is 2. The van der Waals surface area contributed by atoms with Crippen LogP contribution >= 0.6 is 0 Å². The number of unbranched alkanes of at least 4 members (excludes halogenated alkanes) is 6. The van der Waals surface area contributed by atoms with Gasteiger partial charge in [0, 0.05) is 19.0 Å². The van der Waals surface area contributed by atoms with Gasteiger partial charge in [0.05, 0.1) is 6.54 Å². The quantitative estimate of drug-likeness (QED) is 0.596. The van der Waals surface area contributed by atoms with Crippen LogP contribution in [0.2, 0.25) is 0 Å². The Kier molecular flexibility index (Phi) is 9.75. The largest absolute Gasteiger partial charge is 0.363 e. The Morgan fingerprint density at radius 3 is 2.43 bits per heavy atom. The Balaban J connectivity index is 2.19. The number of hydrogen-bond acceptors (Lipinski definition) is 4. The van der Waals surface area contributed by atoms with E-state index in [0.29, 0.717) is 18.8 Å². The van der Waals surface area contributed by atoms with Crippen molar-refractivity contribution in [3.63, 3.8) is 0 Å². The van der Waals surface area contributed by atoms with E-state index in [1.54, 1.807) is 11.0 Å². The molecule has 0 unspecified atom stereocenters. The molecule has 1 aromatic rings. The van der Waals surface area contributed by atoms with Crippen LogP contribution in [-0.4, -0.2) is 35.0 Å². The van der Waals surface area contributed by atoms with E-state index in [1.165, 1.54) is 38.4 Å². The van der Waals surface area contributed by atoms with Crippen molar-refractivity contribution in [1.82, 2.24) is 10.1 Å². The van der Waals surface area contributed by atoms with Crippen LogP contribution in [0.1, 0.15) is 65.2 Å². The highest BCUT2D eigenvalue weighted by molar-refractivity contribution is 5.93. The van der Waals surface area contributed by atoms with Crippen molar-refractivity contribution in [3.8, 4) is 0 Å². The maximum absolute atomic E-state index is 12.2. The van der Waals surface area contributed by atoms with Gasteiger partial charge >= 0.3 is 0 Å². The molecule has 1 aromatic heterocycles. The molecule has 0 atom stereocenters. The number of amides is 2. The molecule has 1 N–H and O–H groups in total. The molecule has 1 rings (SSSR count). The Morgan fingerprint density at radius 1 is 1.13 bits per heavy atom. The van der Waals surface area contributed by atoms with Gasteiger partial charge in [-0.1, -0.05) is 50.6 Å². The van der Waals surface area contributed by atoms with Gasteiger partial charge in [-0.2, -0.15) is 0 Å². The number of aromatic nitrogens is 1. The zero-order valence-corrected chi connectivity index (χ0v) is 14.3. The van der Waals surface area contributed by atoms with Crippen molar-refractivity contribution in [2.75, 3.05) is 18.4 Å². The first-order valence-corrected chi connectivity index (χ1v) is 8.65. The molecule has 0 saturated carbocycles. The Labute approximate surface area is 138 Å². The Bertz CT molecular complexity index is 446. The summed E-state index contributed by atoms with van der Waals surface area (Å²) in [4.78, 5) is 25.6. The summed E-state index contributed by atoms with van der Waals surface area (Å²) in [6.07, 6.45) is 10.1. The first-order valence-electron chi connectivity index (χ1n) is 8.65. The van der Waals surface area contributed by atoms with Gasteiger partial charge in [0.15, 0.2) is 5.82 Å². The van der Waals surface area contributed by atoms with E-state index in [1.807, 2.05) is 6.92 Å². The first kappa shape index (κ1) is 19.2. The fraction of sp³-hybridized carbons (Fsp3) is 0.706. The number of anilines is 1. The molecule has 0 fully saturated rings. The standard InChI is InChI=1S/C17H29N3O3/c1-3-5-6-7-8-9-10-11-17(22)20(4-2)14-16(21)18-15-12-13-23-19-15/h12-13H,3-11,14H2,1-2H3,(H,18,19,21). The van der Waals surface area contributed by atoms with Crippen molar-refractivity contribution >= 4 is 17.6 Å². The monoisotopic (exact) mass is 323 g/mol. The Hall–Kier alpha value is -1.85. The molecule has 2 amide bonds. The number of hydrogen-bond donors (Lipinski definition) is 1. The summed E-state index contributed by atoms with van der Waals surface area (Å²) in [6, 6.07) is 1.56. The second-order valence-electron chi connectivity index (χ2n) is 5.71. The minimum absolute atomic E-state index is 0.0383. The van der Waals surface area contributed by atoms with Gasteiger partial charge in [-0.3, -0.25) is 9.59 Å². The smallest absolute Gasteiger partial charge is 0.245 e. The second kappa shape index (κ2) is 11.7. The van der Waals surface area contributed by atoms with E-state index in [4.69, 9.17) is 0 Å². The van der Waals surface area contributed by atoms with Crippen LogP contribution in [0, 0.1) is 0 Å². The van der Waals surface area contributed by atoms with Gasteiger partial charge in [-0.05, 0) is 13.3 Å². The van der Waals surface area contributed by atoms with Gasteiger partial charge in [0.1, 0.15) is 6.26 Å². The lowest BCUT2D eigenvalue weighted by Crippen LogP contribution is -2.37. The topological polar surface area (TPSA) is 75.4 Å². The summed E-state index contributed by atoms with van der Waals surface area (Å²) in [6.45, 7) is 4.67. The van der Waals surface area contributed by atoms with Crippen molar-refractivity contribution in [1.29, 1.82) is 0 Å². The molecule has 23 heavy (non-hydrogen) atoms. The van der Waals surface area contributed by atoms with Gasteiger partial charge in [0.2, 0.25) is 11.8 Å². The molecule has 1 heterocycles. The number of likely N-dealkylation sites (N-methyl/N-ethyl adjacent to an activating group) is 1. The molecule has 6 heteroatoms. The number of rotatable bonds is 12. The van der Waals surface area contributed by atoms with Gasteiger partial charge in [0.25, 0.3) is 0 Å². The van der Waals surface area contributed by atoms with Crippen LogP contribution in [0.25, 0.3) is 0 Å². The maximum atomic E-state index is 12.2. The predicted molar refractivity (Wildman–Crippen MR) is 90.0 cm³/mol. The van der Waals surface area contributed by atoms with Crippen LogP contribution in [0.5, 0.6) is 0 Å². The molecular formula is C17H29N3O3. The lowest BCUT2D eigenvalue weighted by atomic mass is 10.1. The van der Waals surface area contributed by atoms with Crippen LogP contribution in [0.4, 0.5) is 5.82 Å². The van der Waals surface area contributed by atoms with Gasteiger partial charge in [-0.25, -0.2) is 0 Å². The first-order chi connectivity index (χ1) is 11.2. The molecule has 0 aliphatic rings. The van der Waals surface area contributed by atoms with E-state index in [-0.39, 0.29) is 18.4 Å². The molecule has 0 radical (unpaired) electrons. The molecule has 0 aromatic carbocycles. The molecule has 6 nitrogen and oxygen atoms in total. The van der Waals surface area contributed by atoms with E-state index < -0.39 is 0 Å². The summed E-state index contributed by atoms with van der Waals surface area (Å²) in [5, 5.41) is 6.21. The summed E-state index contributed by atoms with van der Waals surface area (Å²) in [7, 11) is 0. The molecule has 0 aliphatic heterocycles. The molecule has 0 aliphatic carbocycles. The third-order valence-corrected chi connectivity index (χ3v) is 3.77. The van der Waals surface area contributed by atoms with Gasteiger partial charge < -0.3 is 14.7 Å². The zero-order valence-electron chi connectivity index (χ0n) is 14.3. The third kappa shape index (κ3) is 8.38. The highest BCUT2D eigenvalue weighted by Crippen LogP contribution is 2.10. The lowest BCUT2D eigenvalue weighted by Gasteiger charge is -2.20. The summed E-state index contributed by atoms with van der Waals surface area (Å²) >= 11 is 0. The average Bonchev–Trinajstić information content (AvgIpc) is 3.04. The SMILES string of the molecule is CCCCCCCCCC(=O)N(CC)CC(=O)Nc1ccon1. The normalized spacial score (nSPS) is 10.5. The number of nitrogens with zero attached hydrogens (tertiary/aromatic N) is 2. The molecular weight excluding hydrogens is 294 g/mol. The molecule has 0 spiro atoms. The van der Waals surface area contributed by atoms with E-state index >= 15 is 0 Å². The number of nitrogens with one attached hydrogen (secondary N) is 1. The van der Waals surface area contributed by atoms with E-state index in [2.05, 4.69) is 21.9 Å². The summed E-state index contributed by atoms with van der Waals surface area (Å²) < 4.78 is 4.65. The van der Waals surface area contributed by atoms with Crippen LogP contribution in [0.3, 0.4) is 0 Å². The fourth-order valence-electron chi connectivity index (χ4n) is 2.40. The molecule has 0 saturated heterocycles. The third-order valence-electron chi connectivity index (χ3n) is 3.77. The van der Waals surface area contributed by atoms with Gasteiger partial charge in [-0.15, -0.1) is 0 Å². The van der Waals surface area contributed by atoms with Crippen molar-refractivity contribution in [3.05, 3.63) is 12.3 Å². The van der Waals surface area contributed by atoms with Crippen molar-refractivity contribution in [2.24, 2.45) is 0 Å². The van der Waals surface area contributed by atoms with Crippen LogP contribution < -0.4 is 5.32 Å². The zero-order chi connectivity index (χ0) is 16.9. The summed E-state index contributed by atoms with van der Waals surface area (Å²) in [5.74, 6) is 0.149. The van der Waals surface area contributed by atoms with E-state index in [9.17, 15) is 9.59 Å². The average molecular weight is 323 g/mol. The van der Waals surface area contributed by atoms with Crippen LogP contribution in [0.15, 0.2) is 16.9 Å². The lowest BCUT2D eigenvalue weighted by molar-refractivity contribution is -0.134. The number of carbonyl (C=O) groups is 2. The van der Waals surface area contributed by atoms with E-state index in [0.717, 1.165) is 12.8 Å². The Morgan fingerprint density at radius 2 is 1.83 bits per heavy atom. The fourth-order valence-corrected chi connectivity index (χ4v) is 2.40. The highest BCUT2D eigenvalue weighted by atomic mass is 16.5. The minimum atomic E-state index is -0.256. The minimum Gasteiger partial charge on any atom is -0.363 e.